The van der Waals surface area contributed by atoms with Crippen LogP contribution in [-0.2, 0) is 32.6 Å². The fourth-order valence-corrected chi connectivity index (χ4v) is 2.09. The molecular weight excluding hydrogens is 378 g/mol. The van der Waals surface area contributed by atoms with Crippen molar-refractivity contribution in [2.45, 2.75) is 53.9 Å². The predicted molar refractivity (Wildman–Crippen MR) is 81.6 cm³/mol. The fourth-order valence-electron chi connectivity index (χ4n) is 2.09. The summed E-state index contributed by atoms with van der Waals surface area (Å²) in [6.45, 7) is 10.9. The Labute approximate surface area is 162 Å². The van der Waals surface area contributed by atoms with Gasteiger partial charge >= 0.3 is 26.2 Å². The van der Waals surface area contributed by atoms with Crippen molar-refractivity contribution >= 4 is 0 Å². The van der Waals surface area contributed by atoms with Crippen LogP contribution in [0.4, 0.5) is 0 Å². The van der Waals surface area contributed by atoms with Gasteiger partial charge in [-0.2, -0.15) is 46.0 Å². The molecule has 0 fully saturated rings. The molecule has 0 heterocycles. The molecule has 0 bridgehead atoms. The molecule has 0 nitrogen and oxygen atoms in total. The summed E-state index contributed by atoms with van der Waals surface area (Å²) in [6, 6.07) is 10.8. The van der Waals surface area contributed by atoms with Crippen LogP contribution in [0.3, 0.4) is 0 Å². The summed E-state index contributed by atoms with van der Waals surface area (Å²) in [5, 5.41) is 0. The van der Waals surface area contributed by atoms with Crippen molar-refractivity contribution in [1.29, 1.82) is 0 Å². The monoisotopic (exact) mass is 402 g/mol. The van der Waals surface area contributed by atoms with Gasteiger partial charge < -0.3 is 24.8 Å². The van der Waals surface area contributed by atoms with E-state index in [4.69, 9.17) is 0 Å². The van der Waals surface area contributed by atoms with Crippen LogP contribution in [0, 0.1) is 27.7 Å². The second-order valence-corrected chi connectivity index (χ2v) is 5.16. The van der Waals surface area contributed by atoms with Crippen molar-refractivity contribution < 1.29 is 51.0 Å². The molecule has 0 amide bonds. The zero-order valence-electron chi connectivity index (χ0n) is 13.8. The summed E-state index contributed by atoms with van der Waals surface area (Å²) in [5.41, 5.74) is 7.23. The van der Waals surface area contributed by atoms with Crippen molar-refractivity contribution in [2.75, 3.05) is 0 Å². The van der Waals surface area contributed by atoms with Crippen molar-refractivity contribution in [1.82, 2.24) is 0 Å². The summed E-state index contributed by atoms with van der Waals surface area (Å²) in [6.07, 6.45) is 3.87. The zero-order chi connectivity index (χ0) is 13.5. The minimum atomic E-state index is 0. The fraction of sp³-hybridized carbons (Fsp3) is 0.444. The molecule has 2 rings (SSSR count). The van der Waals surface area contributed by atoms with Gasteiger partial charge in [-0.3, -0.25) is 0 Å². The van der Waals surface area contributed by atoms with Gasteiger partial charge in [0.15, 0.2) is 0 Å². The summed E-state index contributed by atoms with van der Waals surface area (Å²) in [7, 11) is 0. The van der Waals surface area contributed by atoms with E-state index in [2.05, 4.69) is 65.0 Å². The topological polar surface area (TPSA) is 0 Å². The van der Waals surface area contributed by atoms with Crippen LogP contribution in [0.25, 0.3) is 0 Å². The SMILES string of the molecule is CCCC[c-]1cccc1.Cc1c[c-](C)c(C)c1C.[Cl-].[Cl-].[Zr+4]. The first-order valence-electron chi connectivity index (χ1n) is 6.97. The second-order valence-electron chi connectivity index (χ2n) is 5.16. The number of unbranched alkanes of at least 4 members (excludes halogenated alkanes) is 1. The van der Waals surface area contributed by atoms with Gasteiger partial charge in [-0.05, 0) is 0 Å². The first-order chi connectivity index (χ1) is 8.56. The van der Waals surface area contributed by atoms with E-state index >= 15 is 0 Å². The van der Waals surface area contributed by atoms with Crippen molar-refractivity contribution in [2.24, 2.45) is 0 Å². The van der Waals surface area contributed by atoms with Gasteiger partial charge in [-0.1, -0.05) is 53.9 Å². The molecule has 0 saturated carbocycles. The minimum absolute atomic E-state index is 0. The molecule has 0 aromatic heterocycles. The second kappa shape index (κ2) is 13.8. The Bertz CT molecular complexity index is 433. The van der Waals surface area contributed by atoms with E-state index in [1.54, 1.807) is 0 Å². The van der Waals surface area contributed by atoms with Crippen LogP contribution < -0.4 is 24.8 Å². The third-order valence-electron chi connectivity index (χ3n) is 3.73. The van der Waals surface area contributed by atoms with Gasteiger partial charge in [-0.15, -0.1) is 0 Å². The molecule has 0 aliphatic carbocycles. The van der Waals surface area contributed by atoms with Crippen LogP contribution in [0.5, 0.6) is 0 Å². The number of hydrogen-bond donors (Lipinski definition) is 0. The third kappa shape index (κ3) is 9.02. The molecule has 2 aromatic rings. The Morgan fingerprint density at radius 3 is 1.81 bits per heavy atom. The van der Waals surface area contributed by atoms with Gasteiger partial charge in [0.1, 0.15) is 0 Å². The Balaban J connectivity index is -0.000000270. The largest absolute Gasteiger partial charge is 4.00 e. The molecule has 0 radical (unpaired) electrons. The number of aryl methyl sites for hydroxylation is 3. The molecule has 0 unspecified atom stereocenters. The average Bonchev–Trinajstić information content (AvgIpc) is 2.94. The smallest absolute Gasteiger partial charge is 1.00 e. The summed E-state index contributed by atoms with van der Waals surface area (Å²) < 4.78 is 0. The minimum Gasteiger partial charge on any atom is -1.00 e. The standard InChI is InChI=1S/2C9H13.2ClH.Zr/c1-6-5-7(2)9(4)8(6)3;1-2-3-6-9-7-4-5-8-9;;;/h5H,1-4H3;4-5,7-8H,2-3,6H2,1H3;2*1H;/q2*-1;;;+4/p-2. The zero-order valence-corrected chi connectivity index (χ0v) is 17.7. The summed E-state index contributed by atoms with van der Waals surface area (Å²) in [4.78, 5) is 0. The Kier molecular flexibility index (Phi) is 17.1. The van der Waals surface area contributed by atoms with Gasteiger partial charge in [-0.25, -0.2) is 12.1 Å². The normalized spacial score (nSPS) is 8.62. The van der Waals surface area contributed by atoms with Gasteiger partial charge in [0.2, 0.25) is 0 Å². The first kappa shape index (κ1) is 26.1. The molecule has 2 aromatic carbocycles. The maximum absolute atomic E-state index is 2.24. The quantitative estimate of drug-likeness (QED) is 0.599. The van der Waals surface area contributed by atoms with Gasteiger partial charge in [0.25, 0.3) is 0 Å². The Morgan fingerprint density at radius 2 is 1.52 bits per heavy atom. The maximum Gasteiger partial charge on any atom is 4.00 e. The van der Waals surface area contributed by atoms with Crippen molar-refractivity contribution in [3.8, 4) is 0 Å². The summed E-state index contributed by atoms with van der Waals surface area (Å²) >= 11 is 0. The van der Waals surface area contributed by atoms with Crippen LogP contribution in [0.15, 0.2) is 30.3 Å². The molecular formula is C18H26Cl2Zr. The molecule has 0 atom stereocenters. The van der Waals surface area contributed by atoms with Crippen molar-refractivity contribution in [3.05, 3.63) is 58.1 Å². The van der Waals surface area contributed by atoms with Crippen LogP contribution in [0.1, 0.15) is 47.6 Å². The molecule has 0 aliphatic rings. The first-order valence-corrected chi connectivity index (χ1v) is 6.97. The molecule has 0 saturated heterocycles. The Hall–Kier alpha value is 0.163. The van der Waals surface area contributed by atoms with Crippen LogP contribution >= 0.6 is 0 Å². The maximum atomic E-state index is 2.24. The van der Waals surface area contributed by atoms with E-state index in [0.717, 1.165) is 0 Å². The van der Waals surface area contributed by atoms with E-state index in [-0.39, 0.29) is 51.0 Å². The number of hydrogen-bond acceptors (Lipinski definition) is 0. The molecule has 0 aliphatic heterocycles. The molecule has 21 heavy (non-hydrogen) atoms. The summed E-state index contributed by atoms with van der Waals surface area (Å²) in [5.74, 6) is 0. The van der Waals surface area contributed by atoms with E-state index in [0.29, 0.717) is 0 Å². The number of rotatable bonds is 3. The molecule has 3 heteroatoms. The van der Waals surface area contributed by atoms with Gasteiger partial charge in [0.05, 0.1) is 0 Å². The van der Waals surface area contributed by atoms with E-state index in [9.17, 15) is 0 Å². The van der Waals surface area contributed by atoms with E-state index < -0.39 is 0 Å². The third-order valence-corrected chi connectivity index (χ3v) is 3.73. The Morgan fingerprint density at radius 1 is 1.00 bits per heavy atom. The van der Waals surface area contributed by atoms with Crippen LogP contribution in [0.2, 0.25) is 0 Å². The molecule has 0 spiro atoms. The van der Waals surface area contributed by atoms with E-state index in [1.807, 2.05) is 0 Å². The van der Waals surface area contributed by atoms with Crippen LogP contribution in [-0.4, -0.2) is 0 Å². The molecule has 116 valence electrons. The average molecular weight is 405 g/mol. The van der Waals surface area contributed by atoms with Crippen molar-refractivity contribution in [3.63, 3.8) is 0 Å². The predicted octanol–water partition coefficient (Wildman–Crippen LogP) is -0.607. The molecule has 0 N–H and O–H groups in total. The number of halogens is 2. The van der Waals surface area contributed by atoms with E-state index in [1.165, 1.54) is 47.1 Å². The van der Waals surface area contributed by atoms with Gasteiger partial charge in [0, 0.05) is 0 Å².